The molecule has 0 unspecified atom stereocenters. The van der Waals surface area contributed by atoms with Crippen LogP contribution in [0.15, 0.2) is 12.1 Å². The molecule has 1 radical (unpaired) electrons. The van der Waals surface area contributed by atoms with Crippen molar-refractivity contribution in [1.29, 1.82) is 0 Å². The van der Waals surface area contributed by atoms with Gasteiger partial charge in [-0.15, -0.1) is 0 Å². The zero-order valence-electron chi connectivity index (χ0n) is 6.24. The van der Waals surface area contributed by atoms with Gasteiger partial charge >= 0.3 is 0 Å². The van der Waals surface area contributed by atoms with E-state index < -0.39 is 0 Å². The van der Waals surface area contributed by atoms with E-state index in [0.29, 0.717) is 5.56 Å². The molecule has 1 rings (SSSR count). The summed E-state index contributed by atoms with van der Waals surface area (Å²) < 4.78 is 12.7. The fourth-order valence-electron chi connectivity index (χ4n) is 0.841. The summed E-state index contributed by atoms with van der Waals surface area (Å²) in [5, 5.41) is 0. The third-order valence-electron chi connectivity index (χ3n) is 1.62. The highest BCUT2D eigenvalue weighted by atomic mass is 19.1. The Labute approximate surface area is 60.7 Å². The van der Waals surface area contributed by atoms with Crippen LogP contribution in [-0.4, -0.2) is 0 Å². The second kappa shape index (κ2) is 2.41. The average molecular weight is 137 g/mol. The Balaban J connectivity index is 3.28. The highest BCUT2D eigenvalue weighted by Gasteiger charge is 1.98. The third-order valence-corrected chi connectivity index (χ3v) is 1.62. The van der Waals surface area contributed by atoms with Crippen molar-refractivity contribution in [2.75, 3.05) is 0 Å². The molecular formula is C9H10F. The van der Waals surface area contributed by atoms with Gasteiger partial charge in [-0.2, -0.15) is 0 Å². The molecule has 53 valence electrons. The van der Waals surface area contributed by atoms with Crippen LogP contribution < -0.4 is 0 Å². The predicted molar refractivity (Wildman–Crippen MR) is 40.3 cm³/mol. The van der Waals surface area contributed by atoms with Crippen molar-refractivity contribution < 1.29 is 4.39 Å². The summed E-state index contributed by atoms with van der Waals surface area (Å²) in [5.41, 5.74) is 2.47. The highest BCUT2D eigenvalue weighted by Crippen LogP contribution is 2.12. The van der Waals surface area contributed by atoms with Crippen molar-refractivity contribution >= 4 is 0 Å². The molecule has 0 saturated carbocycles. The van der Waals surface area contributed by atoms with Gasteiger partial charge in [-0.25, -0.2) is 4.39 Å². The fourth-order valence-corrected chi connectivity index (χ4v) is 0.841. The van der Waals surface area contributed by atoms with Crippen LogP contribution in [0, 0.1) is 26.6 Å². The Morgan fingerprint density at radius 2 is 1.80 bits per heavy atom. The Morgan fingerprint density at radius 3 is 2.30 bits per heavy atom. The summed E-state index contributed by atoms with van der Waals surface area (Å²) in [6.45, 7) is 7.35. The quantitative estimate of drug-likeness (QED) is 0.515. The molecule has 0 nitrogen and oxygen atoms in total. The normalized spacial score (nSPS) is 10.0. The van der Waals surface area contributed by atoms with Crippen LogP contribution in [0.2, 0.25) is 0 Å². The second-order valence-corrected chi connectivity index (χ2v) is 2.53. The number of aryl methyl sites for hydroxylation is 2. The lowest BCUT2D eigenvalue weighted by molar-refractivity contribution is 0.617. The molecule has 1 heteroatoms. The minimum absolute atomic E-state index is 0.148. The zero-order chi connectivity index (χ0) is 7.72. The summed E-state index contributed by atoms with van der Waals surface area (Å²) >= 11 is 0. The van der Waals surface area contributed by atoms with Gasteiger partial charge in [0.15, 0.2) is 0 Å². The maximum absolute atomic E-state index is 12.7. The lowest BCUT2D eigenvalue weighted by atomic mass is 10.1. The van der Waals surface area contributed by atoms with Gasteiger partial charge in [-0.1, -0.05) is 6.07 Å². The van der Waals surface area contributed by atoms with Gasteiger partial charge < -0.3 is 0 Å². The van der Waals surface area contributed by atoms with Gasteiger partial charge in [0.05, 0.1) is 0 Å². The van der Waals surface area contributed by atoms with E-state index in [2.05, 4.69) is 6.92 Å². The molecule has 0 N–H and O–H groups in total. The molecule has 1 aromatic rings. The number of rotatable bonds is 0. The molecule has 0 aliphatic rings. The van der Waals surface area contributed by atoms with Gasteiger partial charge in [0.25, 0.3) is 0 Å². The molecule has 1 aromatic carbocycles. The minimum Gasteiger partial charge on any atom is -0.207 e. The fraction of sp³-hybridized carbons (Fsp3) is 0.222. The van der Waals surface area contributed by atoms with Gasteiger partial charge in [0.2, 0.25) is 0 Å². The number of halogens is 1. The van der Waals surface area contributed by atoms with Gasteiger partial charge in [0, 0.05) is 0 Å². The van der Waals surface area contributed by atoms with Crippen molar-refractivity contribution in [3.63, 3.8) is 0 Å². The van der Waals surface area contributed by atoms with Crippen LogP contribution in [0.1, 0.15) is 16.7 Å². The minimum atomic E-state index is -0.148. The number of benzene rings is 1. The number of hydrogen-bond acceptors (Lipinski definition) is 0. The van der Waals surface area contributed by atoms with Crippen LogP contribution in [0.4, 0.5) is 4.39 Å². The second-order valence-electron chi connectivity index (χ2n) is 2.53. The summed E-state index contributed by atoms with van der Waals surface area (Å²) in [4.78, 5) is 0. The molecule has 0 bridgehead atoms. The first-order valence-corrected chi connectivity index (χ1v) is 3.20. The summed E-state index contributed by atoms with van der Waals surface area (Å²) in [6.07, 6.45) is 0. The number of hydrogen-bond donors (Lipinski definition) is 0. The Morgan fingerprint density at radius 1 is 1.20 bits per heavy atom. The average Bonchev–Trinajstić information content (AvgIpc) is 1.84. The molecule has 0 aliphatic carbocycles. The Bertz CT molecular complexity index is 201. The predicted octanol–water partition coefficient (Wildman–Crippen LogP) is 2.62. The van der Waals surface area contributed by atoms with Gasteiger partial charge in [-0.05, 0) is 43.5 Å². The van der Waals surface area contributed by atoms with Crippen LogP contribution in [-0.2, 0) is 0 Å². The topological polar surface area (TPSA) is 0 Å². The maximum atomic E-state index is 12.7. The molecule has 0 saturated heterocycles. The van der Waals surface area contributed by atoms with Crippen LogP contribution in [0.3, 0.4) is 0 Å². The molecule has 0 aromatic heterocycles. The molecule has 0 amide bonds. The molecule has 0 aliphatic heterocycles. The van der Waals surface area contributed by atoms with Gasteiger partial charge in [-0.3, -0.25) is 0 Å². The Kier molecular flexibility index (Phi) is 1.75. The van der Waals surface area contributed by atoms with E-state index in [1.807, 2.05) is 6.92 Å². The third kappa shape index (κ3) is 1.18. The zero-order valence-corrected chi connectivity index (χ0v) is 6.24. The van der Waals surface area contributed by atoms with Crippen LogP contribution in [0.5, 0.6) is 0 Å². The van der Waals surface area contributed by atoms with Crippen molar-refractivity contribution in [2.45, 2.75) is 13.8 Å². The first-order valence-electron chi connectivity index (χ1n) is 3.20. The van der Waals surface area contributed by atoms with Gasteiger partial charge in [0.1, 0.15) is 5.82 Å². The van der Waals surface area contributed by atoms with E-state index in [9.17, 15) is 4.39 Å². The molecule has 0 atom stereocenters. The van der Waals surface area contributed by atoms with E-state index in [0.717, 1.165) is 11.1 Å². The molecule has 0 spiro atoms. The Hall–Kier alpha value is -0.850. The van der Waals surface area contributed by atoms with E-state index >= 15 is 0 Å². The van der Waals surface area contributed by atoms with Crippen LogP contribution in [0.25, 0.3) is 0 Å². The molecular weight excluding hydrogens is 127 g/mol. The van der Waals surface area contributed by atoms with Crippen molar-refractivity contribution in [1.82, 2.24) is 0 Å². The van der Waals surface area contributed by atoms with E-state index in [1.54, 1.807) is 13.0 Å². The maximum Gasteiger partial charge on any atom is 0.126 e. The van der Waals surface area contributed by atoms with Crippen molar-refractivity contribution in [3.05, 3.63) is 41.6 Å². The highest BCUT2D eigenvalue weighted by molar-refractivity contribution is 5.33. The van der Waals surface area contributed by atoms with Crippen LogP contribution >= 0.6 is 0 Å². The van der Waals surface area contributed by atoms with E-state index in [-0.39, 0.29) is 5.82 Å². The van der Waals surface area contributed by atoms with E-state index in [4.69, 9.17) is 0 Å². The summed E-state index contributed by atoms with van der Waals surface area (Å²) in [7, 11) is 0. The lowest BCUT2D eigenvalue weighted by Crippen LogP contribution is -1.87. The van der Waals surface area contributed by atoms with Crippen molar-refractivity contribution in [3.8, 4) is 0 Å². The summed E-state index contributed by atoms with van der Waals surface area (Å²) in [5.74, 6) is -0.148. The smallest absolute Gasteiger partial charge is 0.126 e. The molecule has 0 heterocycles. The molecule has 0 fully saturated rings. The first-order chi connectivity index (χ1) is 4.61. The largest absolute Gasteiger partial charge is 0.207 e. The molecule has 10 heavy (non-hydrogen) atoms. The van der Waals surface area contributed by atoms with E-state index in [1.165, 1.54) is 6.07 Å². The SMILES string of the molecule is [CH2]c1cc(C)c(F)cc1C. The monoisotopic (exact) mass is 137 g/mol. The van der Waals surface area contributed by atoms with Crippen molar-refractivity contribution in [2.24, 2.45) is 0 Å². The first kappa shape index (κ1) is 7.26. The standard InChI is InChI=1S/C9H10F/c1-6-4-8(3)9(10)5-7(6)2/h4-5H,1H2,2-3H3. The lowest BCUT2D eigenvalue weighted by Gasteiger charge is -2.01. The summed E-state index contributed by atoms with van der Waals surface area (Å²) in [6, 6.07) is 3.27.